The Bertz CT molecular complexity index is 648. The second kappa shape index (κ2) is 7.54. The van der Waals surface area contributed by atoms with Crippen molar-refractivity contribution >= 4 is 10.0 Å². The van der Waals surface area contributed by atoms with Crippen molar-refractivity contribution < 1.29 is 8.42 Å². The molecule has 0 amide bonds. The average molecular weight is 353 g/mol. The van der Waals surface area contributed by atoms with Gasteiger partial charge in [-0.25, -0.2) is 12.7 Å². The van der Waals surface area contributed by atoms with Gasteiger partial charge in [-0.1, -0.05) is 45.7 Å². The average Bonchev–Trinajstić information content (AvgIpc) is 2.52. The van der Waals surface area contributed by atoms with Crippen LogP contribution in [0.15, 0.2) is 29.2 Å². The Morgan fingerprint density at radius 3 is 2.46 bits per heavy atom. The van der Waals surface area contributed by atoms with Gasteiger partial charge in [0.25, 0.3) is 0 Å². The molecule has 1 aromatic carbocycles. The standard InChI is InChI=1S/C19H32N2O2S/c1-19(2,3)17-11-6-7-12-18(17)20-14-15-9-8-10-16(13-15)24(22,23)21(4)5/h8-10,13,17-18,20H,6-7,11-12,14H2,1-5H3. The Kier molecular flexibility index (Phi) is 6.10. The molecule has 1 fully saturated rings. The van der Waals surface area contributed by atoms with Crippen LogP contribution in [0.4, 0.5) is 0 Å². The molecule has 0 heterocycles. The third-order valence-electron chi connectivity index (χ3n) is 5.12. The minimum Gasteiger partial charge on any atom is -0.310 e. The van der Waals surface area contributed by atoms with E-state index in [-0.39, 0.29) is 0 Å². The highest BCUT2D eigenvalue weighted by Crippen LogP contribution is 2.38. The largest absolute Gasteiger partial charge is 0.310 e. The lowest BCUT2D eigenvalue weighted by molar-refractivity contribution is 0.130. The van der Waals surface area contributed by atoms with Crippen LogP contribution in [0.3, 0.4) is 0 Å². The lowest BCUT2D eigenvalue weighted by atomic mass is 9.69. The van der Waals surface area contributed by atoms with Crippen molar-refractivity contribution in [1.82, 2.24) is 9.62 Å². The number of nitrogens with zero attached hydrogens (tertiary/aromatic N) is 1. The van der Waals surface area contributed by atoms with Gasteiger partial charge in [0.1, 0.15) is 0 Å². The molecular weight excluding hydrogens is 320 g/mol. The van der Waals surface area contributed by atoms with Crippen molar-refractivity contribution in [2.24, 2.45) is 11.3 Å². The van der Waals surface area contributed by atoms with Crippen LogP contribution in [-0.4, -0.2) is 32.9 Å². The topological polar surface area (TPSA) is 49.4 Å². The number of rotatable bonds is 5. The van der Waals surface area contributed by atoms with Crippen LogP contribution >= 0.6 is 0 Å². The van der Waals surface area contributed by atoms with Gasteiger partial charge in [-0.2, -0.15) is 0 Å². The van der Waals surface area contributed by atoms with E-state index >= 15 is 0 Å². The zero-order chi connectivity index (χ0) is 18.0. The molecule has 0 radical (unpaired) electrons. The molecule has 1 aliphatic carbocycles. The zero-order valence-corrected chi connectivity index (χ0v) is 16.5. The molecule has 5 heteroatoms. The van der Waals surface area contributed by atoms with Crippen LogP contribution in [0.2, 0.25) is 0 Å². The Labute approximate surface area is 147 Å². The van der Waals surface area contributed by atoms with Crippen LogP contribution in [0.25, 0.3) is 0 Å². The van der Waals surface area contributed by atoms with E-state index in [1.165, 1.54) is 30.0 Å². The summed E-state index contributed by atoms with van der Waals surface area (Å²) >= 11 is 0. The van der Waals surface area contributed by atoms with E-state index < -0.39 is 10.0 Å². The van der Waals surface area contributed by atoms with Gasteiger partial charge < -0.3 is 5.32 Å². The Balaban J connectivity index is 2.09. The van der Waals surface area contributed by atoms with E-state index in [2.05, 4.69) is 26.1 Å². The predicted octanol–water partition coefficient (Wildman–Crippen LogP) is 3.63. The van der Waals surface area contributed by atoms with Crippen LogP contribution in [0, 0.1) is 11.3 Å². The van der Waals surface area contributed by atoms with Crippen LogP contribution in [0.5, 0.6) is 0 Å². The Hall–Kier alpha value is -0.910. The summed E-state index contributed by atoms with van der Waals surface area (Å²) in [7, 11) is -0.240. The fraction of sp³-hybridized carbons (Fsp3) is 0.684. The summed E-state index contributed by atoms with van der Waals surface area (Å²) in [6, 6.07) is 7.79. The van der Waals surface area contributed by atoms with E-state index in [9.17, 15) is 8.42 Å². The van der Waals surface area contributed by atoms with Crippen LogP contribution in [-0.2, 0) is 16.6 Å². The van der Waals surface area contributed by atoms with Crippen LogP contribution < -0.4 is 5.32 Å². The first-order chi connectivity index (χ1) is 11.1. The van der Waals surface area contributed by atoms with E-state index in [1.807, 2.05) is 12.1 Å². The van der Waals surface area contributed by atoms with Gasteiger partial charge in [-0.15, -0.1) is 0 Å². The fourth-order valence-electron chi connectivity index (χ4n) is 3.69. The number of hydrogen-bond donors (Lipinski definition) is 1. The maximum absolute atomic E-state index is 12.3. The molecule has 0 aliphatic heterocycles. The first-order valence-corrected chi connectivity index (χ1v) is 10.3. The van der Waals surface area contributed by atoms with Crippen molar-refractivity contribution in [3.63, 3.8) is 0 Å². The summed E-state index contributed by atoms with van der Waals surface area (Å²) in [5.74, 6) is 0.667. The van der Waals surface area contributed by atoms with Crippen molar-refractivity contribution in [2.75, 3.05) is 14.1 Å². The normalized spacial score (nSPS) is 22.8. The van der Waals surface area contributed by atoms with E-state index in [4.69, 9.17) is 0 Å². The molecule has 136 valence electrons. The van der Waals surface area contributed by atoms with Gasteiger partial charge in [0.15, 0.2) is 0 Å². The summed E-state index contributed by atoms with van der Waals surface area (Å²) in [5.41, 5.74) is 1.32. The quantitative estimate of drug-likeness (QED) is 0.880. The van der Waals surface area contributed by atoms with Gasteiger partial charge in [-0.05, 0) is 41.9 Å². The SMILES string of the molecule is CN(C)S(=O)(=O)c1cccc(CNC2CCCCC2C(C)(C)C)c1. The van der Waals surface area contributed by atoms with Crippen molar-refractivity contribution in [3.8, 4) is 0 Å². The van der Waals surface area contributed by atoms with Gasteiger partial charge in [0.05, 0.1) is 4.90 Å². The number of hydrogen-bond acceptors (Lipinski definition) is 3. The maximum Gasteiger partial charge on any atom is 0.242 e. The van der Waals surface area contributed by atoms with E-state index in [0.29, 0.717) is 28.8 Å². The molecule has 1 saturated carbocycles. The number of sulfonamides is 1. The van der Waals surface area contributed by atoms with Crippen molar-refractivity contribution in [2.45, 2.75) is 63.9 Å². The molecule has 0 saturated heterocycles. The smallest absolute Gasteiger partial charge is 0.242 e. The first kappa shape index (κ1) is 19.4. The Morgan fingerprint density at radius 2 is 1.83 bits per heavy atom. The lowest BCUT2D eigenvalue weighted by Gasteiger charge is -2.41. The number of benzene rings is 1. The first-order valence-electron chi connectivity index (χ1n) is 8.87. The number of nitrogens with one attached hydrogen (secondary N) is 1. The molecule has 0 spiro atoms. The maximum atomic E-state index is 12.3. The molecule has 0 bridgehead atoms. The molecule has 2 rings (SSSR count). The highest BCUT2D eigenvalue weighted by Gasteiger charge is 2.33. The molecule has 1 N–H and O–H groups in total. The molecule has 2 unspecified atom stereocenters. The molecule has 0 aromatic heterocycles. The third kappa shape index (κ3) is 4.58. The van der Waals surface area contributed by atoms with E-state index in [0.717, 1.165) is 5.56 Å². The molecule has 4 nitrogen and oxygen atoms in total. The van der Waals surface area contributed by atoms with Crippen LogP contribution in [0.1, 0.15) is 52.0 Å². The third-order valence-corrected chi connectivity index (χ3v) is 6.93. The van der Waals surface area contributed by atoms with Gasteiger partial charge in [-0.3, -0.25) is 0 Å². The zero-order valence-electron chi connectivity index (χ0n) is 15.7. The summed E-state index contributed by atoms with van der Waals surface area (Å²) in [4.78, 5) is 0.364. The second-order valence-electron chi connectivity index (χ2n) is 8.18. The highest BCUT2D eigenvalue weighted by atomic mass is 32.2. The predicted molar refractivity (Wildman–Crippen MR) is 99.4 cm³/mol. The highest BCUT2D eigenvalue weighted by molar-refractivity contribution is 7.89. The minimum absolute atomic E-state index is 0.300. The second-order valence-corrected chi connectivity index (χ2v) is 10.3. The van der Waals surface area contributed by atoms with Crippen molar-refractivity contribution in [3.05, 3.63) is 29.8 Å². The van der Waals surface area contributed by atoms with Gasteiger partial charge in [0, 0.05) is 26.7 Å². The van der Waals surface area contributed by atoms with Gasteiger partial charge in [0.2, 0.25) is 10.0 Å². The lowest BCUT2D eigenvalue weighted by Crippen LogP contribution is -2.43. The fourth-order valence-corrected chi connectivity index (χ4v) is 4.66. The Morgan fingerprint density at radius 1 is 1.17 bits per heavy atom. The monoisotopic (exact) mass is 352 g/mol. The summed E-state index contributed by atoms with van der Waals surface area (Å²) in [5, 5.41) is 3.69. The summed E-state index contributed by atoms with van der Waals surface area (Å²) in [6.07, 6.45) is 5.07. The molecular formula is C19H32N2O2S. The van der Waals surface area contributed by atoms with E-state index in [1.54, 1.807) is 26.2 Å². The summed E-state index contributed by atoms with van der Waals surface area (Å²) < 4.78 is 25.8. The summed E-state index contributed by atoms with van der Waals surface area (Å²) in [6.45, 7) is 7.68. The molecule has 1 aliphatic rings. The molecule has 24 heavy (non-hydrogen) atoms. The minimum atomic E-state index is -3.37. The molecule has 2 atom stereocenters. The van der Waals surface area contributed by atoms with Crippen molar-refractivity contribution in [1.29, 1.82) is 0 Å². The molecule has 1 aromatic rings. The van der Waals surface area contributed by atoms with Gasteiger partial charge >= 0.3 is 0 Å².